The molecule has 1 rings (SSSR count). The van der Waals surface area contributed by atoms with Crippen molar-refractivity contribution >= 4 is 21.6 Å². The van der Waals surface area contributed by atoms with Gasteiger partial charge in [0.25, 0.3) is 0 Å². The quantitative estimate of drug-likeness (QED) is 0.659. The van der Waals surface area contributed by atoms with Crippen LogP contribution in [0.5, 0.6) is 0 Å². The van der Waals surface area contributed by atoms with Crippen LogP contribution in [0.2, 0.25) is 0 Å². The van der Waals surface area contributed by atoms with Gasteiger partial charge in [-0.1, -0.05) is 0 Å². The van der Waals surface area contributed by atoms with Crippen LogP contribution in [0.3, 0.4) is 0 Å². The van der Waals surface area contributed by atoms with E-state index in [1.165, 1.54) is 12.1 Å². The van der Waals surface area contributed by atoms with E-state index in [2.05, 4.69) is 26.0 Å². The van der Waals surface area contributed by atoms with E-state index in [0.29, 0.717) is 0 Å². The topological polar surface area (TPSA) is 45.0 Å². The monoisotopic (exact) mass is 340 g/mol. The van der Waals surface area contributed by atoms with Crippen LogP contribution in [-0.2, 0) is 4.74 Å². The van der Waals surface area contributed by atoms with E-state index < -0.39 is 18.6 Å². The number of benzene rings is 1. The van der Waals surface area contributed by atoms with Gasteiger partial charge in [0.05, 0.1) is 22.3 Å². The minimum absolute atomic E-state index is 0.0104. The van der Waals surface area contributed by atoms with E-state index in [9.17, 15) is 17.6 Å². The fraction of sp³-hybridized carbons (Fsp3) is 0.364. The number of halogens is 5. The maximum absolute atomic E-state index is 13.7. The highest BCUT2D eigenvalue weighted by atomic mass is 79.9. The molecule has 3 nitrogen and oxygen atoms in total. The van der Waals surface area contributed by atoms with Gasteiger partial charge >= 0.3 is 6.18 Å². The Hall–Kier alpha value is -1.33. The number of hydrogen-bond acceptors (Lipinski definition) is 3. The second-order valence-corrected chi connectivity index (χ2v) is 4.29. The SMILES string of the molecule is N#Cc1ccc(NCCOCC(F)(F)F)c(F)c1Br. The molecule has 19 heavy (non-hydrogen) atoms. The number of rotatable bonds is 5. The number of hydrogen-bond donors (Lipinski definition) is 1. The van der Waals surface area contributed by atoms with Crippen LogP contribution in [-0.4, -0.2) is 25.9 Å². The number of anilines is 1. The molecule has 0 spiro atoms. The van der Waals surface area contributed by atoms with Crippen molar-refractivity contribution in [3.8, 4) is 6.07 Å². The first-order valence-corrected chi connectivity index (χ1v) is 5.91. The summed E-state index contributed by atoms with van der Waals surface area (Å²) in [5, 5.41) is 11.2. The Labute approximate surface area is 115 Å². The van der Waals surface area contributed by atoms with Crippen LogP contribution < -0.4 is 5.32 Å². The molecule has 0 atom stereocenters. The molecule has 0 amide bonds. The Morgan fingerprint density at radius 3 is 2.63 bits per heavy atom. The highest BCUT2D eigenvalue weighted by molar-refractivity contribution is 9.10. The van der Waals surface area contributed by atoms with Gasteiger partial charge in [-0.15, -0.1) is 0 Å². The maximum atomic E-state index is 13.7. The van der Waals surface area contributed by atoms with Gasteiger partial charge in [-0.05, 0) is 28.1 Å². The molecule has 104 valence electrons. The number of alkyl halides is 3. The lowest BCUT2D eigenvalue weighted by atomic mass is 10.2. The molecule has 0 aliphatic carbocycles. The molecular formula is C11H9BrF4N2O. The average Bonchev–Trinajstić information content (AvgIpc) is 2.33. The first kappa shape index (κ1) is 15.7. The number of nitriles is 1. The van der Waals surface area contributed by atoms with E-state index in [4.69, 9.17) is 5.26 Å². The third-order valence-electron chi connectivity index (χ3n) is 2.03. The molecule has 1 aromatic rings. The molecule has 8 heteroatoms. The molecule has 0 unspecified atom stereocenters. The highest BCUT2D eigenvalue weighted by Gasteiger charge is 2.27. The van der Waals surface area contributed by atoms with Gasteiger partial charge in [0, 0.05) is 6.54 Å². The molecule has 0 aromatic heterocycles. The third-order valence-corrected chi connectivity index (χ3v) is 2.81. The summed E-state index contributed by atoms with van der Waals surface area (Å²) >= 11 is 2.92. The van der Waals surface area contributed by atoms with Gasteiger partial charge in [0.15, 0.2) is 5.82 Å². The standard InChI is InChI=1S/C11H9BrF4N2O/c12-9-7(5-17)1-2-8(10(9)13)18-3-4-19-6-11(14,15)16/h1-2,18H,3-4,6H2. The van der Waals surface area contributed by atoms with Gasteiger partial charge < -0.3 is 10.1 Å². The maximum Gasteiger partial charge on any atom is 0.411 e. The van der Waals surface area contributed by atoms with Crippen molar-refractivity contribution in [1.29, 1.82) is 5.26 Å². The molecule has 0 aliphatic rings. The van der Waals surface area contributed by atoms with Crippen LogP contribution in [0, 0.1) is 17.1 Å². The summed E-state index contributed by atoms with van der Waals surface area (Å²) in [5.41, 5.74) is 0.220. The lowest BCUT2D eigenvalue weighted by Gasteiger charge is -2.10. The van der Waals surface area contributed by atoms with E-state index >= 15 is 0 Å². The normalized spacial score (nSPS) is 11.2. The van der Waals surface area contributed by atoms with Crippen LogP contribution in [0.15, 0.2) is 16.6 Å². The van der Waals surface area contributed by atoms with E-state index in [0.717, 1.165) is 0 Å². The van der Waals surface area contributed by atoms with Crippen molar-refractivity contribution in [3.05, 3.63) is 28.0 Å². The molecule has 1 N–H and O–H groups in total. The predicted octanol–water partition coefficient (Wildman–Crippen LogP) is 3.45. The van der Waals surface area contributed by atoms with Crippen molar-refractivity contribution in [1.82, 2.24) is 0 Å². The summed E-state index contributed by atoms with van der Waals surface area (Å²) in [6, 6.07) is 4.52. The largest absolute Gasteiger partial charge is 0.411 e. The van der Waals surface area contributed by atoms with Crippen LogP contribution in [0.1, 0.15) is 5.56 Å². The molecule has 0 saturated heterocycles. The van der Waals surface area contributed by atoms with Crippen LogP contribution in [0.4, 0.5) is 23.2 Å². The van der Waals surface area contributed by atoms with E-state index in [1.807, 2.05) is 0 Å². The van der Waals surface area contributed by atoms with Gasteiger partial charge in [-0.3, -0.25) is 0 Å². The zero-order valence-electron chi connectivity index (χ0n) is 9.52. The van der Waals surface area contributed by atoms with Crippen molar-refractivity contribution in [2.75, 3.05) is 25.1 Å². The minimum Gasteiger partial charge on any atom is -0.380 e. The summed E-state index contributed by atoms with van der Waals surface area (Å²) in [6.07, 6.45) is -4.37. The molecule has 0 radical (unpaired) electrons. The van der Waals surface area contributed by atoms with Gasteiger partial charge in [0.1, 0.15) is 12.7 Å². The summed E-state index contributed by atoms with van der Waals surface area (Å²) in [7, 11) is 0. The molecule has 0 bridgehead atoms. The van der Waals surface area contributed by atoms with Crippen molar-refractivity contribution in [2.45, 2.75) is 6.18 Å². The fourth-order valence-corrected chi connectivity index (χ4v) is 1.65. The predicted molar refractivity (Wildman–Crippen MR) is 64.2 cm³/mol. The van der Waals surface area contributed by atoms with E-state index in [1.54, 1.807) is 6.07 Å². The number of ether oxygens (including phenoxy) is 1. The first-order chi connectivity index (χ1) is 8.85. The van der Waals surface area contributed by atoms with Gasteiger partial charge in [-0.2, -0.15) is 18.4 Å². The second kappa shape index (κ2) is 6.73. The first-order valence-electron chi connectivity index (χ1n) is 5.11. The number of nitrogens with zero attached hydrogens (tertiary/aromatic N) is 1. The lowest BCUT2D eigenvalue weighted by molar-refractivity contribution is -0.172. The molecule has 1 aromatic carbocycles. The zero-order chi connectivity index (χ0) is 14.5. The summed E-state index contributed by atoms with van der Waals surface area (Å²) in [5.74, 6) is -0.671. The van der Waals surface area contributed by atoms with Crippen molar-refractivity contribution in [2.24, 2.45) is 0 Å². The average molecular weight is 341 g/mol. The molecule has 0 heterocycles. The highest BCUT2D eigenvalue weighted by Crippen LogP contribution is 2.26. The van der Waals surface area contributed by atoms with Gasteiger partial charge in [0.2, 0.25) is 0 Å². The summed E-state index contributed by atoms with van der Waals surface area (Å²) in [6.45, 7) is -1.53. The van der Waals surface area contributed by atoms with Gasteiger partial charge in [-0.25, -0.2) is 4.39 Å². The zero-order valence-corrected chi connectivity index (χ0v) is 11.1. The fourth-order valence-electron chi connectivity index (χ4n) is 1.22. The molecule has 0 fully saturated rings. The Morgan fingerprint density at radius 2 is 2.05 bits per heavy atom. The summed E-state index contributed by atoms with van der Waals surface area (Å²) in [4.78, 5) is 0. The lowest BCUT2D eigenvalue weighted by Crippen LogP contribution is -2.20. The smallest absolute Gasteiger partial charge is 0.380 e. The second-order valence-electron chi connectivity index (χ2n) is 3.49. The van der Waals surface area contributed by atoms with Crippen LogP contribution in [0.25, 0.3) is 0 Å². The molecule has 0 saturated carbocycles. The van der Waals surface area contributed by atoms with E-state index in [-0.39, 0.29) is 28.9 Å². The van der Waals surface area contributed by atoms with Crippen molar-refractivity contribution < 1.29 is 22.3 Å². The molecule has 0 aliphatic heterocycles. The van der Waals surface area contributed by atoms with Crippen LogP contribution >= 0.6 is 15.9 Å². The Balaban J connectivity index is 2.47. The molecular weight excluding hydrogens is 332 g/mol. The Kier molecular flexibility index (Phi) is 5.57. The third kappa shape index (κ3) is 5.04. The number of nitrogens with one attached hydrogen (secondary N) is 1. The summed E-state index contributed by atoms with van der Waals surface area (Å²) < 4.78 is 53.3. The van der Waals surface area contributed by atoms with Crippen molar-refractivity contribution in [3.63, 3.8) is 0 Å². The minimum atomic E-state index is -4.37. The Bertz CT molecular complexity index is 485. The Morgan fingerprint density at radius 1 is 1.37 bits per heavy atom.